The van der Waals surface area contributed by atoms with Crippen molar-refractivity contribution in [2.75, 3.05) is 0 Å². The molecule has 5 nitrogen and oxygen atoms in total. The maximum atomic E-state index is 12.0. The number of carbonyl (C=O) groups excluding carboxylic acids is 1. The van der Waals surface area contributed by atoms with Crippen LogP contribution in [0.1, 0.15) is 30.0 Å². The van der Waals surface area contributed by atoms with E-state index in [1.54, 1.807) is 35.9 Å². The largest absolute Gasteiger partial charge is 0.454 e. The van der Waals surface area contributed by atoms with Crippen LogP contribution in [-0.4, -0.2) is 25.0 Å². The summed E-state index contributed by atoms with van der Waals surface area (Å²) in [6.45, 7) is 3.81. The molecule has 0 fully saturated rings. The van der Waals surface area contributed by atoms with Crippen LogP contribution in [0.2, 0.25) is 5.15 Å². The number of carbonyl (C=O) groups is 1. The maximum Gasteiger partial charge on any atom is 0.338 e. The summed E-state index contributed by atoms with van der Waals surface area (Å²) in [5.74, 6) is 0.108. The van der Waals surface area contributed by atoms with Crippen molar-refractivity contribution in [2.45, 2.75) is 30.6 Å². The molecule has 7 heteroatoms. The van der Waals surface area contributed by atoms with E-state index < -0.39 is 16.8 Å². The molecule has 0 amide bonds. The Balaban J connectivity index is 2.01. The fourth-order valence-corrected chi connectivity index (χ4v) is 2.86. The molecule has 0 saturated carbocycles. The molecule has 0 N–H and O–H groups in total. The molecule has 2 rings (SSSR count). The smallest absolute Gasteiger partial charge is 0.338 e. The summed E-state index contributed by atoms with van der Waals surface area (Å²) in [4.78, 5) is 16.7. The molecule has 118 valence electrons. The quantitative estimate of drug-likeness (QED) is 0.785. The van der Waals surface area contributed by atoms with Crippen LogP contribution in [-0.2, 0) is 29.2 Å². The first-order valence-electron chi connectivity index (χ1n) is 6.74. The van der Waals surface area contributed by atoms with Gasteiger partial charge in [0.25, 0.3) is 0 Å². The number of rotatable bonds is 5. The van der Waals surface area contributed by atoms with Crippen LogP contribution in [0.25, 0.3) is 0 Å². The van der Waals surface area contributed by atoms with Gasteiger partial charge < -0.3 is 9.30 Å². The Morgan fingerprint density at radius 3 is 2.50 bits per heavy atom. The Morgan fingerprint density at radius 1 is 1.36 bits per heavy atom. The lowest BCUT2D eigenvalue weighted by molar-refractivity contribution is 0.0459. The van der Waals surface area contributed by atoms with Crippen molar-refractivity contribution in [3.8, 4) is 0 Å². The van der Waals surface area contributed by atoms with Crippen LogP contribution in [0.4, 0.5) is 0 Å². The summed E-state index contributed by atoms with van der Waals surface area (Å²) in [5, 5.41) is 0.512. The van der Waals surface area contributed by atoms with Gasteiger partial charge in [0, 0.05) is 17.2 Å². The maximum absolute atomic E-state index is 12.0. The normalized spacial score (nSPS) is 12.4. The second kappa shape index (κ2) is 7.07. The first-order valence-corrected chi connectivity index (χ1v) is 8.33. The molecule has 22 heavy (non-hydrogen) atoms. The number of esters is 1. The summed E-state index contributed by atoms with van der Waals surface area (Å²) in [7, 11) is 0.674. The minimum atomic E-state index is -1.07. The third-order valence-electron chi connectivity index (χ3n) is 3.11. The molecule has 0 unspecified atom stereocenters. The number of aromatic nitrogens is 2. The lowest BCUT2D eigenvalue weighted by Crippen LogP contribution is -2.09. The van der Waals surface area contributed by atoms with Gasteiger partial charge in [-0.05, 0) is 24.3 Å². The molecular weight excluding hydrogens is 324 g/mol. The van der Waals surface area contributed by atoms with E-state index in [1.807, 2.05) is 13.8 Å². The number of ether oxygens (including phenoxy) is 1. The van der Waals surface area contributed by atoms with Gasteiger partial charge in [0.2, 0.25) is 0 Å². The molecule has 0 radical (unpaired) electrons. The number of hydrogen-bond acceptors (Lipinski definition) is 4. The SMILES string of the molecule is CC(C)[S@@](=O)c1ccc(C(=O)OCc2ncc(Cl)n2C)cc1. The van der Waals surface area contributed by atoms with Crippen molar-refractivity contribution >= 4 is 28.4 Å². The Hall–Kier alpha value is -1.66. The molecule has 0 bridgehead atoms. The Bertz CT molecular complexity index is 695. The molecule has 0 aliphatic carbocycles. The summed E-state index contributed by atoms with van der Waals surface area (Å²) < 4.78 is 18.8. The monoisotopic (exact) mass is 340 g/mol. The average Bonchev–Trinajstić information content (AvgIpc) is 2.83. The number of hydrogen-bond donors (Lipinski definition) is 0. The van der Waals surface area contributed by atoms with Gasteiger partial charge in [-0.15, -0.1) is 0 Å². The fraction of sp³-hybridized carbons (Fsp3) is 0.333. The van der Waals surface area contributed by atoms with Crippen molar-refractivity contribution in [3.05, 3.63) is 47.0 Å². The van der Waals surface area contributed by atoms with E-state index in [0.29, 0.717) is 21.4 Å². The van der Waals surface area contributed by atoms with Crippen LogP contribution in [0, 0.1) is 0 Å². The topological polar surface area (TPSA) is 61.2 Å². The molecule has 1 heterocycles. The summed E-state index contributed by atoms with van der Waals surface area (Å²) >= 11 is 5.87. The molecule has 1 aromatic carbocycles. The van der Waals surface area contributed by atoms with E-state index >= 15 is 0 Å². The number of imidazole rings is 1. The number of nitrogens with zero attached hydrogens (tertiary/aromatic N) is 2. The summed E-state index contributed by atoms with van der Waals surface area (Å²) in [5.41, 5.74) is 0.407. The van der Waals surface area contributed by atoms with E-state index in [4.69, 9.17) is 16.3 Å². The second-order valence-electron chi connectivity index (χ2n) is 5.00. The van der Waals surface area contributed by atoms with E-state index in [0.717, 1.165) is 0 Å². The Labute approximate surface area is 136 Å². The minimum absolute atomic E-state index is 0.0333. The van der Waals surface area contributed by atoms with Gasteiger partial charge in [0.05, 0.1) is 22.6 Å². The van der Waals surface area contributed by atoms with E-state index in [1.165, 1.54) is 6.20 Å². The highest BCUT2D eigenvalue weighted by molar-refractivity contribution is 7.85. The number of halogens is 1. The highest BCUT2D eigenvalue weighted by atomic mass is 35.5. The molecule has 0 spiro atoms. The Kier molecular flexibility index (Phi) is 5.37. The van der Waals surface area contributed by atoms with Gasteiger partial charge >= 0.3 is 5.97 Å². The van der Waals surface area contributed by atoms with Crippen molar-refractivity contribution in [1.82, 2.24) is 9.55 Å². The fourth-order valence-electron chi connectivity index (χ4n) is 1.77. The highest BCUT2D eigenvalue weighted by Gasteiger charge is 2.13. The van der Waals surface area contributed by atoms with Gasteiger partial charge in [-0.25, -0.2) is 9.78 Å². The van der Waals surface area contributed by atoms with E-state index in [-0.39, 0.29) is 11.9 Å². The third-order valence-corrected chi connectivity index (χ3v) is 5.05. The molecule has 1 atom stereocenters. The Morgan fingerprint density at radius 2 is 2.00 bits per heavy atom. The van der Waals surface area contributed by atoms with Gasteiger partial charge in [0.15, 0.2) is 0 Å². The first kappa shape index (κ1) is 16.7. The van der Waals surface area contributed by atoms with Crippen molar-refractivity contribution in [1.29, 1.82) is 0 Å². The average molecular weight is 341 g/mol. The van der Waals surface area contributed by atoms with Gasteiger partial charge in [-0.2, -0.15) is 0 Å². The molecule has 0 aliphatic heterocycles. The standard InChI is InChI=1S/C15H17ClN2O3S/c1-10(2)22(20)12-6-4-11(5-7-12)15(19)21-9-14-17-8-13(16)18(14)3/h4-8,10H,9H2,1-3H3/t22-/m1/s1. The molecule has 0 saturated heterocycles. The summed E-state index contributed by atoms with van der Waals surface area (Å²) in [6.07, 6.45) is 1.50. The molecular formula is C15H17ClN2O3S. The van der Waals surface area contributed by atoms with E-state index in [9.17, 15) is 9.00 Å². The second-order valence-corrected chi connectivity index (χ2v) is 7.40. The minimum Gasteiger partial charge on any atom is -0.454 e. The van der Waals surface area contributed by atoms with Crippen LogP contribution in [0.15, 0.2) is 35.4 Å². The lowest BCUT2D eigenvalue weighted by atomic mass is 10.2. The predicted molar refractivity (Wildman–Crippen MR) is 85.3 cm³/mol. The van der Waals surface area contributed by atoms with Crippen LogP contribution >= 0.6 is 11.6 Å². The third kappa shape index (κ3) is 3.75. The van der Waals surface area contributed by atoms with Gasteiger partial charge in [-0.1, -0.05) is 25.4 Å². The predicted octanol–water partition coefficient (Wildman–Crippen LogP) is 2.95. The van der Waals surface area contributed by atoms with Crippen molar-refractivity contribution < 1.29 is 13.7 Å². The lowest BCUT2D eigenvalue weighted by Gasteiger charge is -2.07. The van der Waals surface area contributed by atoms with Crippen LogP contribution in [0.3, 0.4) is 0 Å². The summed E-state index contributed by atoms with van der Waals surface area (Å²) in [6, 6.07) is 6.60. The highest BCUT2D eigenvalue weighted by Crippen LogP contribution is 2.14. The number of benzene rings is 1. The zero-order valence-corrected chi connectivity index (χ0v) is 14.1. The molecule has 0 aliphatic rings. The van der Waals surface area contributed by atoms with E-state index in [2.05, 4.69) is 4.98 Å². The zero-order valence-electron chi connectivity index (χ0n) is 12.6. The van der Waals surface area contributed by atoms with Crippen molar-refractivity contribution in [2.24, 2.45) is 7.05 Å². The van der Waals surface area contributed by atoms with Crippen LogP contribution < -0.4 is 0 Å². The van der Waals surface area contributed by atoms with Gasteiger partial charge in [0.1, 0.15) is 17.6 Å². The van der Waals surface area contributed by atoms with Crippen LogP contribution in [0.5, 0.6) is 0 Å². The molecule has 1 aromatic heterocycles. The molecule has 2 aromatic rings. The first-order chi connectivity index (χ1) is 10.4. The van der Waals surface area contributed by atoms with Crippen molar-refractivity contribution in [3.63, 3.8) is 0 Å². The zero-order chi connectivity index (χ0) is 16.3. The van der Waals surface area contributed by atoms with Gasteiger partial charge in [-0.3, -0.25) is 4.21 Å².